The zero-order valence-electron chi connectivity index (χ0n) is 17.0. The van der Waals surface area contributed by atoms with Crippen LogP contribution in [0.5, 0.6) is 0 Å². The molecule has 2 aromatic heterocycles. The second-order valence-electron chi connectivity index (χ2n) is 7.80. The van der Waals surface area contributed by atoms with Crippen LogP contribution in [0.15, 0.2) is 47.4 Å². The summed E-state index contributed by atoms with van der Waals surface area (Å²) in [5, 5.41) is 12.4. The molecule has 6 nitrogen and oxygen atoms in total. The maximum absolute atomic E-state index is 13.6. The van der Waals surface area contributed by atoms with Crippen LogP contribution in [0, 0.1) is 23.0 Å². The molecule has 160 valence electrons. The molecule has 0 spiro atoms. The van der Waals surface area contributed by atoms with Gasteiger partial charge >= 0.3 is 0 Å². The van der Waals surface area contributed by atoms with Gasteiger partial charge in [-0.25, -0.2) is 8.78 Å². The van der Waals surface area contributed by atoms with E-state index in [2.05, 4.69) is 15.2 Å². The lowest BCUT2D eigenvalue weighted by molar-refractivity contribution is 0.191. The molecule has 0 radical (unpaired) electrons. The molecule has 1 aliphatic heterocycles. The average molecular weight is 423 g/mol. The summed E-state index contributed by atoms with van der Waals surface area (Å²) < 4.78 is 28.6. The van der Waals surface area contributed by atoms with E-state index >= 15 is 0 Å². The molecule has 1 fully saturated rings. The Kier molecular flexibility index (Phi) is 6.35. The number of pyridine rings is 2. The van der Waals surface area contributed by atoms with Crippen LogP contribution in [0.1, 0.15) is 24.0 Å². The molecule has 0 bridgehead atoms. The van der Waals surface area contributed by atoms with Crippen LogP contribution in [0.25, 0.3) is 11.0 Å². The topological polar surface area (TPSA) is 74.0 Å². The highest BCUT2D eigenvalue weighted by Crippen LogP contribution is 2.15. The van der Waals surface area contributed by atoms with Gasteiger partial charge in [0.05, 0.1) is 22.8 Å². The van der Waals surface area contributed by atoms with Crippen molar-refractivity contribution in [1.29, 1.82) is 5.26 Å². The summed E-state index contributed by atoms with van der Waals surface area (Å²) in [6, 6.07) is 11.2. The number of hydrogen-bond acceptors (Lipinski definition) is 5. The predicted octanol–water partition coefficient (Wildman–Crippen LogP) is 2.80. The molecule has 1 N–H and O–H groups in total. The first kappa shape index (κ1) is 21.1. The molecule has 0 amide bonds. The van der Waals surface area contributed by atoms with E-state index in [4.69, 9.17) is 5.26 Å². The first-order valence-electron chi connectivity index (χ1n) is 10.3. The van der Waals surface area contributed by atoms with Crippen molar-refractivity contribution in [3.05, 3.63) is 75.7 Å². The summed E-state index contributed by atoms with van der Waals surface area (Å²) in [6.45, 7) is 3.54. The Morgan fingerprint density at radius 2 is 1.94 bits per heavy atom. The van der Waals surface area contributed by atoms with Crippen molar-refractivity contribution in [2.45, 2.75) is 32.0 Å². The predicted molar refractivity (Wildman–Crippen MR) is 113 cm³/mol. The van der Waals surface area contributed by atoms with Gasteiger partial charge in [0.1, 0.15) is 17.7 Å². The molecule has 0 atom stereocenters. The van der Waals surface area contributed by atoms with Gasteiger partial charge in [-0.2, -0.15) is 5.26 Å². The molecular formula is C23H23F2N5O. The summed E-state index contributed by atoms with van der Waals surface area (Å²) in [5.41, 5.74) is 1.90. The van der Waals surface area contributed by atoms with Crippen molar-refractivity contribution >= 4 is 11.0 Å². The van der Waals surface area contributed by atoms with Gasteiger partial charge in [-0.05, 0) is 49.7 Å². The van der Waals surface area contributed by atoms with E-state index < -0.39 is 11.6 Å². The van der Waals surface area contributed by atoms with Gasteiger partial charge < -0.3 is 14.8 Å². The first-order chi connectivity index (χ1) is 15.0. The summed E-state index contributed by atoms with van der Waals surface area (Å²) >= 11 is 0. The number of benzene rings is 1. The maximum atomic E-state index is 13.6. The largest absolute Gasteiger partial charge is 0.310 e. The quantitative estimate of drug-likeness (QED) is 0.660. The van der Waals surface area contributed by atoms with Crippen molar-refractivity contribution in [3.8, 4) is 6.07 Å². The lowest BCUT2D eigenvalue weighted by atomic mass is 10.0. The molecule has 3 heterocycles. The summed E-state index contributed by atoms with van der Waals surface area (Å²) in [6.07, 6.45) is 3.06. The van der Waals surface area contributed by atoms with Crippen LogP contribution < -0.4 is 10.9 Å². The van der Waals surface area contributed by atoms with Crippen LogP contribution in [0.3, 0.4) is 0 Å². The minimum absolute atomic E-state index is 0.0629. The smallest absolute Gasteiger partial charge is 0.251 e. The van der Waals surface area contributed by atoms with Crippen molar-refractivity contribution < 1.29 is 8.78 Å². The first-order valence-corrected chi connectivity index (χ1v) is 10.3. The maximum Gasteiger partial charge on any atom is 0.251 e. The second-order valence-corrected chi connectivity index (χ2v) is 7.80. The van der Waals surface area contributed by atoms with E-state index in [0.717, 1.165) is 37.7 Å². The SMILES string of the molecule is N#Cc1cc(CNC2CCN(CCn3c(=O)ccc4ncc(F)cc43)CC2)ccc1F. The Bertz CT molecular complexity index is 1180. The fourth-order valence-electron chi connectivity index (χ4n) is 4.01. The highest BCUT2D eigenvalue weighted by atomic mass is 19.1. The van der Waals surface area contributed by atoms with Crippen molar-refractivity contribution in [2.75, 3.05) is 19.6 Å². The number of rotatable bonds is 6. The number of aromatic nitrogens is 2. The number of piperidine rings is 1. The molecule has 0 saturated carbocycles. The fourth-order valence-corrected chi connectivity index (χ4v) is 4.01. The number of nitrogens with zero attached hydrogens (tertiary/aromatic N) is 4. The number of likely N-dealkylation sites (tertiary alicyclic amines) is 1. The molecule has 4 rings (SSSR count). The number of nitrogens with one attached hydrogen (secondary N) is 1. The van der Waals surface area contributed by atoms with E-state index in [9.17, 15) is 13.6 Å². The Morgan fingerprint density at radius 1 is 1.13 bits per heavy atom. The number of nitriles is 1. The van der Waals surface area contributed by atoms with Gasteiger partial charge in [-0.3, -0.25) is 9.78 Å². The summed E-state index contributed by atoms with van der Waals surface area (Å²) in [5.74, 6) is -0.954. The van der Waals surface area contributed by atoms with Crippen LogP contribution in [0.4, 0.5) is 8.78 Å². The van der Waals surface area contributed by atoms with Gasteiger partial charge in [0, 0.05) is 37.8 Å². The molecular weight excluding hydrogens is 400 g/mol. The fraction of sp³-hybridized carbons (Fsp3) is 0.348. The number of halogens is 2. The van der Waals surface area contributed by atoms with Crippen LogP contribution in [0.2, 0.25) is 0 Å². The zero-order valence-corrected chi connectivity index (χ0v) is 17.0. The van der Waals surface area contributed by atoms with E-state index in [1.165, 1.54) is 18.2 Å². The molecule has 8 heteroatoms. The number of fused-ring (bicyclic) bond motifs is 1. The highest BCUT2D eigenvalue weighted by molar-refractivity contribution is 5.74. The minimum atomic E-state index is -0.497. The van der Waals surface area contributed by atoms with E-state index in [0.29, 0.717) is 36.7 Å². The molecule has 1 aliphatic rings. The van der Waals surface area contributed by atoms with Crippen molar-refractivity contribution in [1.82, 2.24) is 19.8 Å². The molecule has 31 heavy (non-hydrogen) atoms. The third kappa shape index (κ3) is 4.95. The molecule has 1 aromatic carbocycles. The molecule has 0 aliphatic carbocycles. The Hall–Kier alpha value is -3.15. The van der Waals surface area contributed by atoms with Crippen molar-refractivity contribution in [2.24, 2.45) is 0 Å². The van der Waals surface area contributed by atoms with Crippen LogP contribution in [-0.2, 0) is 13.1 Å². The standard InChI is InChI=1S/C23H23F2N5O/c24-18-12-22-21(28-15-18)3-4-23(31)30(22)10-9-29-7-5-19(6-8-29)27-14-16-1-2-20(25)17(11-16)13-26/h1-4,11-12,15,19,27H,5-10,14H2. The van der Waals surface area contributed by atoms with Crippen LogP contribution in [-0.4, -0.2) is 40.1 Å². The highest BCUT2D eigenvalue weighted by Gasteiger charge is 2.19. The summed E-state index contributed by atoms with van der Waals surface area (Å²) in [4.78, 5) is 18.6. The van der Waals surface area contributed by atoms with Crippen LogP contribution >= 0.6 is 0 Å². The van der Waals surface area contributed by atoms with Gasteiger partial charge in [0.2, 0.25) is 0 Å². The van der Waals surface area contributed by atoms with E-state index in [1.807, 2.05) is 6.07 Å². The second kappa shape index (κ2) is 9.33. The lowest BCUT2D eigenvalue weighted by Gasteiger charge is -2.32. The Morgan fingerprint density at radius 3 is 2.71 bits per heavy atom. The molecule has 0 unspecified atom stereocenters. The average Bonchev–Trinajstić information content (AvgIpc) is 2.78. The van der Waals surface area contributed by atoms with Gasteiger partial charge in [0.25, 0.3) is 5.56 Å². The van der Waals surface area contributed by atoms with Gasteiger partial charge in [-0.1, -0.05) is 6.07 Å². The third-order valence-corrected chi connectivity index (χ3v) is 5.78. The zero-order chi connectivity index (χ0) is 21.8. The Balaban J connectivity index is 1.30. The monoisotopic (exact) mass is 423 g/mol. The Labute approximate surface area is 178 Å². The van der Waals surface area contributed by atoms with Gasteiger partial charge in [0.15, 0.2) is 0 Å². The normalized spacial score (nSPS) is 15.3. The summed E-state index contributed by atoms with van der Waals surface area (Å²) in [7, 11) is 0. The third-order valence-electron chi connectivity index (χ3n) is 5.78. The van der Waals surface area contributed by atoms with E-state index in [1.54, 1.807) is 22.8 Å². The molecule has 3 aromatic rings. The minimum Gasteiger partial charge on any atom is -0.310 e. The van der Waals surface area contributed by atoms with E-state index in [-0.39, 0.29) is 11.1 Å². The molecule has 1 saturated heterocycles. The lowest BCUT2D eigenvalue weighted by Crippen LogP contribution is -2.43. The van der Waals surface area contributed by atoms with Crippen molar-refractivity contribution in [3.63, 3.8) is 0 Å². The number of hydrogen-bond donors (Lipinski definition) is 1. The van der Waals surface area contributed by atoms with Gasteiger partial charge in [-0.15, -0.1) is 0 Å².